The first-order valence-electron chi connectivity index (χ1n) is 7.20. The Morgan fingerprint density at radius 3 is 3.00 bits per heavy atom. The van der Waals surface area contributed by atoms with Crippen LogP contribution < -0.4 is 10.1 Å². The molecule has 0 saturated carbocycles. The number of imide groups is 1. The lowest BCUT2D eigenvalue weighted by Crippen LogP contribution is -2.38. The first-order chi connectivity index (χ1) is 11.0. The number of fused-ring (bicyclic) bond motifs is 1. The summed E-state index contributed by atoms with van der Waals surface area (Å²) in [7, 11) is 0. The van der Waals surface area contributed by atoms with Crippen LogP contribution in [0.2, 0.25) is 5.02 Å². The minimum atomic E-state index is -0.534. The summed E-state index contributed by atoms with van der Waals surface area (Å²) in [4.78, 5) is 36.3. The van der Waals surface area contributed by atoms with Crippen LogP contribution in [0, 0.1) is 5.92 Å². The molecule has 0 bridgehead atoms. The smallest absolute Gasteiger partial charge is 0.324 e. The van der Waals surface area contributed by atoms with Gasteiger partial charge in [0.25, 0.3) is 5.91 Å². The first kappa shape index (κ1) is 15.6. The zero-order valence-electron chi connectivity index (χ0n) is 12.2. The number of amides is 3. The Morgan fingerprint density at radius 2 is 2.26 bits per heavy atom. The summed E-state index contributed by atoms with van der Waals surface area (Å²) in [5, 5.41) is 3.08. The summed E-state index contributed by atoms with van der Waals surface area (Å²) in [5.41, 5.74) is 0.830. The molecule has 1 aromatic rings. The normalized spacial score (nSPS) is 19.6. The number of benzene rings is 1. The topological polar surface area (TPSA) is 84.9 Å². The van der Waals surface area contributed by atoms with Crippen molar-refractivity contribution in [2.45, 2.75) is 6.42 Å². The van der Waals surface area contributed by atoms with Gasteiger partial charge in [-0.3, -0.25) is 14.5 Å². The van der Waals surface area contributed by atoms with Crippen molar-refractivity contribution in [3.63, 3.8) is 0 Å². The molecule has 1 unspecified atom stereocenters. The van der Waals surface area contributed by atoms with Crippen molar-refractivity contribution < 1.29 is 23.9 Å². The molecule has 0 radical (unpaired) electrons. The molecule has 1 atom stereocenters. The lowest BCUT2D eigenvalue weighted by molar-refractivity contribution is -0.155. The van der Waals surface area contributed by atoms with Gasteiger partial charge < -0.3 is 14.8 Å². The largest absolute Gasteiger partial charge is 0.492 e. The average Bonchev–Trinajstić information content (AvgIpc) is 2.97. The third-order valence-corrected chi connectivity index (χ3v) is 3.99. The molecular weight excluding hydrogens is 324 g/mol. The molecular formula is C15H15ClN2O5. The number of esters is 1. The molecule has 1 saturated heterocycles. The van der Waals surface area contributed by atoms with Gasteiger partial charge in [0.05, 0.1) is 5.92 Å². The Hall–Kier alpha value is -2.28. The summed E-state index contributed by atoms with van der Waals surface area (Å²) < 4.78 is 10.5. The summed E-state index contributed by atoms with van der Waals surface area (Å²) in [6.45, 7) is 0.428. The van der Waals surface area contributed by atoms with Gasteiger partial charge in [0.1, 0.15) is 12.4 Å². The van der Waals surface area contributed by atoms with Crippen molar-refractivity contribution in [2.24, 2.45) is 5.92 Å². The van der Waals surface area contributed by atoms with Gasteiger partial charge >= 0.3 is 12.0 Å². The predicted octanol–water partition coefficient (Wildman–Crippen LogP) is 0.986. The molecule has 3 rings (SSSR count). The highest BCUT2D eigenvalue weighted by atomic mass is 35.5. The molecule has 1 N–H and O–H groups in total. The maximum atomic E-state index is 12.1. The standard InChI is InChI=1S/C15H15ClN2O5/c16-11-1-2-12-9(6-11)5-10(7-22-12)14(20)23-8-13(19)18-4-3-17-15(18)21/h1-2,6,10H,3-5,7-8H2,(H,17,21). The molecule has 0 aliphatic carbocycles. The molecule has 1 fully saturated rings. The van der Waals surface area contributed by atoms with Gasteiger partial charge in [-0.2, -0.15) is 0 Å². The molecule has 2 heterocycles. The van der Waals surface area contributed by atoms with Crippen LogP contribution in [-0.2, 0) is 20.7 Å². The summed E-state index contributed by atoms with van der Waals surface area (Å²) in [5.74, 6) is -0.860. The number of rotatable bonds is 3. The van der Waals surface area contributed by atoms with Gasteiger partial charge in [0.15, 0.2) is 6.61 Å². The molecule has 3 amide bonds. The summed E-state index contributed by atoms with van der Waals surface area (Å²) in [6, 6.07) is 4.76. The number of halogens is 1. The van der Waals surface area contributed by atoms with Crippen LogP contribution in [0.1, 0.15) is 5.56 Å². The number of carbonyl (C=O) groups excluding carboxylic acids is 3. The fraction of sp³-hybridized carbons (Fsp3) is 0.400. The van der Waals surface area contributed by atoms with Crippen molar-refractivity contribution >= 4 is 29.5 Å². The number of ether oxygens (including phenoxy) is 2. The van der Waals surface area contributed by atoms with Crippen molar-refractivity contribution in [1.29, 1.82) is 0 Å². The lowest BCUT2D eigenvalue weighted by atomic mass is 9.97. The maximum absolute atomic E-state index is 12.1. The van der Waals surface area contributed by atoms with Crippen molar-refractivity contribution in [3.05, 3.63) is 28.8 Å². The van der Waals surface area contributed by atoms with E-state index >= 15 is 0 Å². The highest BCUT2D eigenvalue weighted by Crippen LogP contribution is 2.30. The number of nitrogens with one attached hydrogen (secondary N) is 1. The van der Waals surface area contributed by atoms with E-state index in [9.17, 15) is 14.4 Å². The number of urea groups is 1. The fourth-order valence-electron chi connectivity index (χ4n) is 2.55. The second-order valence-corrected chi connectivity index (χ2v) is 5.79. The zero-order valence-corrected chi connectivity index (χ0v) is 13.0. The third-order valence-electron chi connectivity index (χ3n) is 3.76. The fourth-order valence-corrected chi connectivity index (χ4v) is 2.75. The van der Waals surface area contributed by atoms with E-state index in [0.717, 1.165) is 10.5 Å². The van der Waals surface area contributed by atoms with Crippen LogP contribution in [0.15, 0.2) is 18.2 Å². The van der Waals surface area contributed by atoms with Crippen LogP contribution >= 0.6 is 11.6 Å². The second-order valence-electron chi connectivity index (χ2n) is 5.35. The van der Waals surface area contributed by atoms with Gasteiger partial charge in [-0.05, 0) is 30.2 Å². The Morgan fingerprint density at radius 1 is 1.43 bits per heavy atom. The Labute approximate surface area is 137 Å². The summed E-state index contributed by atoms with van der Waals surface area (Å²) >= 11 is 5.93. The van der Waals surface area contributed by atoms with Gasteiger partial charge in [0, 0.05) is 18.1 Å². The molecule has 2 aliphatic rings. The molecule has 2 aliphatic heterocycles. The predicted molar refractivity (Wildman–Crippen MR) is 80.2 cm³/mol. The average molecular weight is 339 g/mol. The van der Waals surface area contributed by atoms with Crippen LogP contribution in [-0.4, -0.2) is 49.1 Å². The van der Waals surface area contributed by atoms with Gasteiger partial charge in [-0.15, -0.1) is 0 Å². The first-order valence-corrected chi connectivity index (χ1v) is 7.58. The Bertz CT molecular complexity index is 663. The molecule has 0 spiro atoms. The molecule has 1 aromatic carbocycles. The molecule has 122 valence electrons. The highest BCUT2D eigenvalue weighted by Gasteiger charge is 2.30. The quantitative estimate of drug-likeness (QED) is 0.831. The molecule has 7 nitrogen and oxygen atoms in total. The van der Waals surface area contributed by atoms with E-state index in [1.54, 1.807) is 18.2 Å². The lowest BCUT2D eigenvalue weighted by Gasteiger charge is -2.24. The van der Waals surface area contributed by atoms with Crippen LogP contribution in [0.4, 0.5) is 4.79 Å². The minimum Gasteiger partial charge on any atom is -0.492 e. The highest BCUT2D eigenvalue weighted by molar-refractivity contribution is 6.30. The molecule has 0 aromatic heterocycles. The SMILES string of the molecule is O=C(OCC(=O)N1CCNC1=O)C1COc2ccc(Cl)cc2C1. The van der Waals surface area contributed by atoms with E-state index in [4.69, 9.17) is 21.1 Å². The van der Waals surface area contributed by atoms with Crippen molar-refractivity contribution in [2.75, 3.05) is 26.3 Å². The molecule has 8 heteroatoms. The van der Waals surface area contributed by atoms with E-state index in [1.165, 1.54) is 0 Å². The second kappa shape index (κ2) is 6.45. The number of hydrogen-bond acceptors (Lipinski definition) is 5. The van der Waals surface area contributed by atoms with Crippen LogP contribution in [0.5, 0.6) is 5.75 Å². The van der Waals surface area contributed by atoms with Gasteiger partial charge in [-0.1, -0.05) is 11.6 Å². The van der Waals surface area contributed by atoms with E-state index in [2.05, 4.69) is 5.32 Å². The minimum absolute atomic E-state index is 0.186. The number of hydrogen-bond donors (Lipinski definition) is 1. The van der Waals surface area contributed by atoms with Crippen molar-refractivity contribution in [1.82, 2.24) is 10.2 Å². The Balaban J connectivity index is 1.55. The Kier molecular flexibility index (Phi) is 4.38. The maximum Gasteiger partial charge on any atom is 0.324 e. The number of carbonyl (C=O) groups is 3. The summed E-state index contributed by atoms with van der Waals surface area (Å²) in [6.07, 6.45) is 0.438. The van der Waals surface area contributed by atoms with E-state index < -0.39 is 30.4 Å². The zero-order chi connectivity index (χ0) is 16.4. The molecule has 23 heavy (non-hydrogen) atoms. The van der Waals surface area contributed by atoms with Crippen molar-refractivity contribution in [3.8, 4) is 5.75 Å². The van der Waals surface area contributed by atoms with Crippen LogP contribution in [0.25, 0.3) is 0 Å². The van der Waals surface area contributed by atoms with E-state index in [1.807, 2.05) is 0 Å². The third kappa shape index (κ3) is 3.39. The van der Waals surface area contributed by atoms with Gasteiger partial charge in [0.2, 0.25) is 0 Å². The monoisotopic (exact) mass is 338 g/mol. The van der Waals surface area contributed by atoms with Crippen LogP contribution in [0.3, 0.4) is 0 Å². The van der Waals surface area contributed by atoms with Gasteiger partial charge in [-0.25, -0.2) is 4.79 Å². The van der Waals surface area contributed by atoms with E-state index in [0.29, 0.717) is 23.7 Å². The van der Waals surface area contributed by atoms with E-state index in [-0.39, 0.29) is 13.2 Å². The number of nitrogens with zero attached hydrogens (tertiary/aromatic N) is 1.